The minimum absolute atomic E-state index is 0.0126. The predicted molar refractivity (Wildman–Crippen MR) is 107 cm³/mol. The molecule has 154 valence electrons. The van der Waals surface area contributed by atoms with Crippen molar-refractivity contribution in [1.82, 2.24) is 5.32 Å². The molecular weight excluding hydrogens is 393 g/mol. The average molecular weight is 412 g/mol. The van der Waals surface area contributed by atoms with Gasteiger partial charge >= 0.3 is 6.18 Å². The molecule has 0 aromatic heterocycles. The second kappa shape index (κ2) is 8.82. The van der Waals surface area contributed by atoms with Gasteiger partial charge in [-0.2, -0.15) is 13.2 Å². The molecule has 0 saturated carbocycles. The first-order valence-electron chi connectivity index (χ1n) is 9.16. The molecule has 0 aliphatic carbocycles. The Kier molecular flexibility index (Phi) is 6.20. The Morgan fingerprint density at radius 1 is 0.833 bits per heavy atom. The Morgan fingerprint density at radius 3 is 1.93 bits per heavy atom. The summed E-state index contributed by atoms with van der Waals surface area (Å²) in [5.74, 6) is -1.27. The van der Waals surface area contributed by atoms with Crippen LogP contribution in [0.5, 0.6) is 0 Å². The highest BCUT2D eigenvalue weighted by molar-refractivity contribution is 5.97. The molecule has 3 aromatic rings. The maximum absolute atomic E-state index is 12.7. The van der Waals surface area contributed by atoms with Crippen molar-refractivity contribution in [3.8, 4) is 11.1 Å². The molecule has 7 heteroatoms. The Morgan fingerprint density at radius 2 is 1.40 bits per heavy atom. The monoisotopic (exact) mass is 412 g/mol. The molecule has 3 rings (SSSR count). The molecule has 1 atom stereocenters. The van der Waals surface area contributed by atoms with Gasteiger partial charge in [0, 0.05) is 12.0 Å². The van der Waals surface area contributed by atoms with Gasteiger partial charge in [-0.25, -0.2) is 0 Å². The largest absolute Gasteiger partial charge is 0.416 e. The number of nitrogens with two attached hydrogens (primary N) is 1. The minimum Gasteiger partial charge on any atom is -0.368 e. The van der Waals surface area contributed by atoms with Gasteiger partial charge in [0.15, 0.2) is 0 Å². The lowest BCUT2D eigenvalue weighted by molar-refractivity contribution is -0.137. The van der Waals surface area contributed by atoms with Gasteiger partial charge in [-0.1, -0.05) is 54.6 Å². The highest BCUT2D eigenvalue weighted by Crippen LogP contribution is 2.29. The summed E-state index contributed by atoms with van der Waals surface area (Å²) in [6, 6.07) is 19.8. The molecule has 30 heavy (non-hydrogen) atoms. The molecule has 0 saturated heterocycles. The Hall–Kier alpha value is -3.61. The van der Waals surface area contributed by atoms with Gasteiger partial charge in [0.1, 0.15) is 6.04 Å². The van der Waals surface area contributed by atoms with Crippen LogP contribution >= 0.6 is 0 Å². The SMILES string of the molecule is NC(=O)[C@H](Cc1ccc(C(F)(F)F)cc1)NC(=O)c1ccc(-c2ccccc2)cc1. The predicted octanol–water partition coefficient (Wildman–Crippen LogP) is 4.20. The summed E-state index contributed by atoms with van der Waals surface area (Å²) in [5.41, 5.74) is 7.32. The molecule has 0 spiro atoms. The zero-order valence-corrected chi connectivity index (χ0v) is 15.8. The molecule has 0 heterocycles. The first-order valence-corrected chi connectivity index (χ1v) is 9.16. The van der Waals surface area contributed by atoms with Crippen LogP contribution in [-0.4, -0.2) is 17.9 Å². The van der Waals surface area contributed by atoms with Crippen molar-refractivity contribution in [3.63, 3.8) is 0 Å². The third-order valence-corrected chi connectivity index (χ3v) is 4.62. The standard InChI is InChI=1S/C23H19F3N2O2/c24-23(25,26)19-12-6-15(7-13-19)14-20(21(27)29)28-22(30)18-10-8-17(9-11-18)16-4-2-1-3-5-16/h1-13,20H,14H2,(H2,27,29)(H,28,30)/t20-/m0/s1. The van der Waals surface area contributed by atoms with E-state index in [1.165, 1.54) is 12.1 Å². The molecule has 2 amide bonds. The van der Waals surface area contributed by atoms with Crippen LogP contribution in [0, 0.1) is 0 Å². The van der Waals surface area contributed by atoms with E-state index in [4.69, 9.17) is 5.73 Å². The topological polar surface area (TPSA) is 72.2 Å². The van der Waals surface area contributed by atoms with E-state index in [0.717, 1.165) is 23.3 Å². The maximum Gasteiger partial charge on any atom is 0.416 e. The van der Waals surface area contributed by atoms with Gasteiger partial charge in [0.2, 0.25) is 5.91 Å². The smallest absolute Gasteiger partial charge is 0.368 e. The number of carbonyl (C=O) groups is 2. The number of alkyl halides is 3. The van der Waals surface area contributed by atoms with E-state index in [1.54, 1.807) is 24.3 Å². The molecular formula is C23H19F3N2O2. The fourth-order valence-corrected chi connectivity index (χ4v) is 2.97. The number of nitrogens with one attached hydrogen (secondary N) is 1. The number of halogens is 3. The van der Waals surface area contributed by atoms with Crippen molar-refractivity contribution < 1.29 is 22.8 Å². The molecule has 0 bridgehead atoms. The molecule has 0 aliphatic heterocycles. The van der Waals surface area contributed by atoms with Crippen LogP contribution in [0.4, 0.5) is 13.2 Å². The van der Waals surface area contributed by atoms with Crippen LogP contribution in [0.1, 0.15) is 21.5 Å². The molecule has 3 N–H and O–H groups in total. The number of carbonyl (C=O) groups excluding carboxylic acids is 2. The zero-order chi connectivity index (χ0) is 21.7. The number of amides is 2. The number of hydrogen-bond acceptors (Lipinski definition) is 2. The summed E-state index contributed by atoms with van der Waals surface area (Å²) >= 11 is 0. The molecule has 0 fully saturated rings. The van der Waals surface area contributed by atoms with E-state index >= 15 is 0 Å². The summed E-state index contributed by atoms with van der Waals surface area (Å²) in [4.78, 5) is 24.3. The number of hydrogen-bond donors (Lipinski definition) is 2. The second-order valence-corrected chi connectivity index (χ2v) is 6.77. The maximum atomic E-state index is 12.7. The summed E-state index contributed by atoms with van der Waals surface area (Å²) in [5, 5.41) is 2.55. The van der Waals surface area contributed by atoms with Crippen molar-refractivity contribution in [1.29, 1.82) is 0 Å². The van der Waals surface area contributed by atoms with E-state index in [9.17, 15) is 22.8 Å². The Bertz CT molecular complexity index is 1020. The van der Waals surface area contributed by atoms with Crippen molar-refractivity contribution in [2.75, 3.05) is 0 Å². The number of primary amides is 1. The van der Waals surface area contributed by atoms with E-state index in [0.29, 0.717) is 11.1 Å². The van der Waals surface area contributed by atoms with E-state index in [-0.39, 0.29) is 6.42 Å². The number of benzene rings is 3. The fourth-order valence-electron chi connectivity index (χ4n) is 2.97. The Balaban J connectivity index is 1.69. The van der Waals surface area contributed by atoms with Crippen LogP contribution in [0.3, 0.4) is 0 Å². The van der Waals surface area contributed by atoms with Gasteiger partial charge in [0.25, 0.3) is 5.91 Å². The summed E-state index contributed by atoms with van der Waals surface area (Å²) in [6.45, 7) is 0. The van der Waals surface area contributed by atoms with Gasteiger partial charge in [-0.05, 0) is 41.0 Å². The van der Waals surface area contributed by atoms with Crippen LogP contribution in [0.15, 0.2) is 78.9 Å². The molecule has 0 radical (unpaired) electrons. The van der Waals surface area contributed by atoms with Gasteiger partial charge in [-0.15, -0.1) is 0 Å². The highest BCUT2D eigenvalue weighted by atomic mass is 19.4. The van der Waals surface area contributed by atoms with Crippen LogP contribution in [-0.2, 0) is 17.4 Å². The van der Waals surface area contributed by atoms with E-state index in [1.807, 2.05) is 30.3 Å². The number of rotatable bonds is 6. The highest BCUT2D eigenvalue weighted by Gasteiger charge is 2.30. The lowest BCUT2D eigenvalue weighted by atomic mass is 10.0. The van der Waals surface area contributed by atoms with Gasteiger partial charge in [-0.3, -0.25) is 9.59 Å². The summed E-state index contributed by atoms with van der Waals surface area (Å²) < 4.78 is 38.0. The first-order chi connectivity index (χ1) is 14.2. The summed E-state index contributed by atoms with van der Waals surface area (Å²) in [7, 11) is 0. The lowest BCUT2D eigenvalue weighted by Crippen LogP contribution is -2.45. The van der Waals surface area contributed by atoms with Crippen molar-refractivity contribution >= 4 is 11.8 Å². The van der Waals surface area contributed by atoms with Gasteiger partial charge < -0.3 is 11.1 Å². The van der Waals surface area contributed by atoms with Crippen molar-refractivity contribution in [2.45, 2.75) is 18.6 Å². The zero-order valence-electron chi connectivity index (χ0n) is 15.8. The average Bonchev–Trinajstić information content (AvgIpc) is 2.73. The third-order valence-electron chi connectivity index (χ3n) is 4.62. The van der Waals surface area contributed by atoms with Crippen molar-refractivity contribution in [3.05, 3.63) is 95.6 Å². The molecule has 3 aromatic carbocycles. The first kappa shape index (κ1) is 21.1. The van der Waals surface area contributed by atoms with Crippen LogP contribution in [0.2, 0.25) is 0 Å². The third kappa shape index (κ3) is 5.26. The van der Waals surface area contributed by atoms with E-state index in [2.05, 4.69) is 5.32 Å². The molecule has 0 unspecified atom stereocenters. The Labute approximate surface area is 171 Å². The summed E-state index contributed by atoms with van der Waals surface area (Å²) in [6.07, 6.45) is -4.46. The molecule has 0 aliphatic rings. The lowest BCUT2D eigenvalue weighted by Gasteiger charge is -2.16. The molecule has 4 nitrogen and oxygen atoms in total. The van der Waals surface area contributed by atoms with E-state index < -0.39 is 29.6 Å². The van der Waals surface area contributed by atoms with Crippen LogP contribution in [0.25, 0.3) is 11.1 Å². The van der Waals surface area contributed by atoms with Gasteiger partial charge in [0.05, 0.1) is 5.56 Å². The van der Waals surface area contributed by atoms with Crippen molar-refractivity contribution in [2.24, 2.45) is 5.73 Å². The minimum atomic E-state index is -4.44. The second-order valence-electron chi connectivity index (χ2n) is 6.77. The van der Waals surface area contributed by atoms with Crippen LogP contribution < -0.4 is 11.1 Å². The quantitative estimate of drug-likeness (QED) is 0.637. The fraction of sp³-hybridized carbons (Fsp3) is 0.130. The normalized spacial score (nSPS) is 12.2.